The summed E-state index contributed by atoms with van der Waals surface area (Å²) in [6, 6.07) is 2.12. The number of halogens is 1. The van der Waals surface area contributed by atoms with Gasteiger partial charge in [-0.25, -0.2) is 9.59 Å². The van der Waals surface area contributed by atoms with Gasteiger partial charge in [0.25, 0.3) is 5.69 Å². The van der Waals surface area contributed by atoms with Gasteiger partial charge in [-0.1, -0.05) is 11.6 Å². The fourth-order valence-corrected chi connectivity index (χ4v) is 1.76. The largest absolute Gasteiger partial charge is 0.465 e. The van der Waals surface area contributed by atoms with Crippen molar-refractivity contribution in [2.75, 3.05) is 12.4 Å². The van der Waals surface area contributed by atoms with Crippen LogP contribution < -0.4 is 5.32 Å². The molecule has 1 aromatic carbocycles. The normalized spacial score (nSPS) is 10.8. The molecule has 0 aliphatic rings. The summed E-state index contributed by atoms with van der Waals surface area (Å²) in [7, 11) is 1.13. The van der Waals surface area contributed by atoms with Gasteiger partial charge in [0.05, 0.1) is 22.6 Å². The molecule has 0 aromatic heterocycles. The van der Waals surface area contributed by atoms with Crippen molar-refractivity contribution >= 4 is 35.0 Å². The number of nitro groups is 1. The molecule has 0 fully saturated rings. The molecule has 0 bridgehead atoms. The number of anilines is 1. The van der Waals surface area contributed by atoms with Crippen LogP contribution in [0.4, 0.5) is 16.2 Å². The number of hydrogen-bond acceptors (Lipinski definition) is 6. The molecule has 0 radical (unpaired) electrons. The van der Waals surface area contributed by atoms with Crippen LogP contribution in [-0.4, -0.2) is 29.7 Å². The SMILES string of the molecule is COC(=O)c1cc(Cl)c(NC(=O)OC(C)(C)C)c([N+](=O)[O-])c1. The Bertz CT molecular complexity index is 624. The Balaban J connectivity index is 3.22. The summed E-state index contributed by atoms with van der Waals surface area (Å²) in [5.74, 6) is -0.784. The molecular formula is C13H15ClN2O6. The number of nitrogens with zero attached hydrogens (tertiary/aromatic N) is 1. The highest BCUT2D eigenvalue weighted by Gasteiger charge is 2.25. The van der Waals surface area contributed by atoms with Crippen LogP contribution in [0.3, 0.4) is 0 Å². The van der Waals surface area contributed by atoms with Crippen molar-refractivity contribution in [2.45, 2.75) is 26.4 Å². The molecule has 120 valence electrons. The van der Waals surface area contributed by atoms with Gasteiger partial charge in [-0.05, 0) is 26.8 Å². The summed E-state index contributed by atoms with van der Waals surface area (Å²) >= 11 is 5.91. The fourth-order valence-electron chi connectivity index (χ4n) is 1.50. The molecule has 0 heterocycles. The number of rotatable bonds is 3. The lowest BCUT2D eigenvalue weighted by atomic mass is 10.1. The standard InChI is InChI=1S/C13H15ClN2O6/c1-13(2,3)22-12(18)15-10-8(14)5-7(11(17)21-4)6-9(10)16(19)20/h5-6H,1-4H3,(H,15,18). The van der Waals surface area contributed by atoms with E-state index in [1.54, 1.807) is 20.8 Å². The molecule has 0 saturated carbocycles. The van der Waals surface area contributed by atoms with Crippen LogP contribution in [0.1, 0.15) is 31.1 Å². The van der Waals surface area contributed by atoms with Crippen LogP contribution in [0.15, 0.2) is 12.1 Å². The molecule has 1 aromatic rings. The second-order valence-electron chi connectivity index (χ2n) is 5.23. The predicted octanol–water partition coefficient (Wildman–Crippen LogP) is 3.38. The highest BCUT2D eigenvalue weighted by atomic mass is 35.5. The third kappa shape index (κ3) is 4.59. The van der Waals surface area contributed by atoms with Crippen LogP contribution in [0.2, 0.25) is 5.02 Å². The third-order valence-electron chi connectivity index (χ3n) is 2.31. The highest BCUT2D eigenvalue weighted by molar-refractivity contribution is 6.34. The molecule has 0 spiro atoms. The molecule has 0 unspecified atom stereocenters. The topological polar surface area (TPSA) is 108 Å². The number of carbonyl (C=O) groups excluding carboxylic acids is 2. The van der Waals surface area contributed by atoms with Crippen molar-refractivity contribution in [3.8, 4) is 0 Å². The van der Waals surface area contributed by atoms with E-state index in [0.717, 1.165) is 19.2 Å². The van der Waals surface area contributed by atoms with Crippen molar-refractivity contribution in [3.05, 3.63) is 32.8 Å². The predicted molar refractivity (Wildman–Crippen MR) is 79.3 cm³/mol. The first-order valence-electron chi connectivity index (χ1n) is 6.11. The number of esters is 1. The van der Waals surface area contributed by atoms with Gasteiger partial charge in [0.1, 0.15) is 11.3 Å². The van der Waals surface area contributed by atoms with Crippen molar-refractivity contribution in [3.63, 3.8) is 0 Å². The average Bonchev–Trinajstić information content (AvgIpc) is 2.37. The summed E-state index contributed by atoms with van der Waals surface area (Å²) in [4.78, 5) is 33.5. The number of methoxy groups -OCH3 is 1. The maximum Gasteiger partial charge on any atom is 0.412 e. The Morgan fingerprint density at radius 2 is 1.91 bits per heavy atom. The second kappa shape index (κ2) is 6.61. The van der Waals surface area contributed by atoms with E-state index in [9.17, 15) is 19.7 Å². The molecular weight excluding hydrogens is 316 g/mol. The first-order chi connectivity index (χ1) is 10.0. The Labute approximate surface area is 131 Å². The smallest absolute Gasteiger partial charge is 0.412 e. The molecule has 1 N–H and O–H groups in total. The van der Waals surface area contributed by atoms with Crippen LogP contribution in [0.5, 0.6) is 0 Å². The monoisotopic (exact) mass is 330 g/mol. The quantitative estimate of drug-likeness (QED) is 0.517. The molecule has 8 nitrogen and oxygen atoms in total. The van der Waals surface area contributed by atoms with Crippen LogP contribution in [0, 0.1) is 10.1 Å². The number of hydrogen-bond donors (Lipinski definition) is 1. The zero-order chi connectivity index (χ0) is 17.1. The molecule has 9 heteroatoms. The van der Waals surface area contributed by atoms with Gasteiger partial charge in [-0.3, -0.25) is 15.4 Å². The van der Waals surface area contributed by atoms with Gasteiger partial charge in [-0.2, -0.15) is 0 Å². The second-order valence-corrected chi connectivity index (χ2v) is 5.63. The fraction of sp³-hybridized carbons (Fsp3) is 0.385. The van der Waals surface area contributed by atoms with E-state index in [1.165, 1.54) is 0 Å². The van der Waals surface area contributed by atoms with E-state index >= 15 is 0 Å². The minimum Gasteiger partial charge on any atom is -0.465 e. The summed E-state index contributed by atoms with van der Waals surface area (Å²) in [5, 5.41) is 13.1. The lowest BCUT2D eigenvalue weighted by molar-refractivity contribution is -0.383. The van der Waals surface area contributed by atoms with Crippen LogP contribution in [0.25, 0.3) is 0 Å². The summed E-state index contributed by atoms with van der Waals surface area (Å²) < 4.78 is 9.49. The first-order valence-corrected chi connectivity index (χ1v) is 6.49. The number of amides is 1. The maximum absolute atomic E-state index is 11.7. The van der Waals surface area contributed by atoms with Crippen molar-refractivity contribution < 1.29 is 24.0 Å². The zero-order valence-corrected chi connectivity index (χ0v) is 13.2. The van der Waals surface area contributed by atoms with Crippen LogP contribution >= 0.6 is 11.6 Å². The molecule has 1 rings (SSSR count). The minimum absolute atomic E-state index is 0.103. The minimum atomic E-state index is -0.900. The number of nitro benzene ring substituents is 1. The van der Waals surface area contributed by atoms with Gasteiger partial charge in [0.15, 0.2) is 0 Å². The maximum atomic E-state index is 11.7. The molecule has 0 aliphatic heterocycles. The van der Waals surface area contributed by atoms with Crippen molar-refractivity contribution in [1.82, 2.24) is 0 Å². The van der Waals surface area contributed by atoms with Gasteiger partial charge >= 0.3 is 12.1 Å². The molecule has 0 aliphatic carbocycles. The lowest BCUT2D eigenvalue weighted by Crippen LogP contribution is -2.27. The van der Waals surface area contributed by atoms with Gasteiger partial charge in [0, 0.05) is 6.07 Å². The van der Waals surface area contributed by atoms with E-state index in [0.29, 0.717) is 0 Å². The Morgan fingerprint density at radius 3 is 2.36 bits per heavy atom. The van der Waals surface area contributed by atoms with E-state index in [1.807, 2.05) is 0 Å². The molecule has 0 saturated heterocycles. The number of carbonyl (C=O) groups is 2. The van der Waals surface area contributed by atoms with Crippen molar-refractivity contribution in [2.24, 2.45) is 0 Å². The average molecular weight is 331 g/mol. The lowest BCUT2D eigenvalue weighted by Gasteiger charge is -2.20. The first kappa shape index (κ1) is 17.7. The number of nitrogens with one attached hydrogen (secondary N) is 1. The van der Waals surface area contributed by atoms with E-state index in [2.05, 4.69) is 10.1 Å². The Morgan fingerprint density at radius 1 is 1.32 bits per heavy atom. The zero-order valence-electron chi connectivity index (χ0n) is 12.4. The molecule has 1 amide bonds. The van der Waals surface area contributed by atoms with Gasteiger partial charge < -0.3 is 9.47 Å². The summed E-state index contributed by atoms with van der Waals surface area (Å²) in [6.45, 7) is 4.93. The van der Waals surface area contributed by atoms with E-state index in [-0.39, 0.29) is 16.3 Å². The highest BCUT2D eigenvalue weighted by Crippen LogP contribution is 2.34. The Hall–Kier alpha value is -2.35. The molecule has 0 atom stereocenters. The Kier molecular flexibility index (Phi) is 5.32. The van der Waals surface area contributed by atoms with Gasteiger partial charge in [-0.15, -0.1) is 0 Å². The number of ether oxygens (including phenoxy) is 2. The van der Waals surface area contributed by atoms with Crippen molar-refractivity contribution in [1.29, 1.82) is 0 Å². The van der Waals surface area contributed by atoms with E-state index in [4.69, 9.17) is 16.3 Å². The molecule has 22 heavy (non-hydrogen) atoms. The van der Waals surface area contributed by atoms with Gasteiger partial charge in [0.2, 0.25) is 0 Å². The van der Waals surface area contributed by atoms with E-state index < -0.39 is 28.3 Å². The third-order valence-corrected chi connectivity index (χ3v) is 2.61. The number of benzene rings is 1. The van der Waals surface area contributed by atoms with Crippen LogP contribution in [-0.2, 0) is 9.47 Å². The summed E-state index contributed by atoms with van der Waals surface area (Å²) in [6.07, 6.45) is -0.900. The summed E-state index contributed by atoms with van der Waals surface area (Å²) in [5.41, 5.74) is -1.68.